The predicted octanol–water partition coefficient (Wildman–Crippen LogP) is 1.54. The van der Waals surface area contributed by atoms with Crippen molar-refractivity contribution < 1.29 is 9.18 Å². The van der Waals surface area contributed by atoms with Gasteiger partial charge in [-0.05, 0) is 24.1 Å². The van der Waals surface area contributed by atoms with E-state index < -0.39 is 0 Å². The van der Waals surface area contributed by atoms with E-state index in [4.69, 9.17) is 0 Å². The Morgan fingerprint density at radius 2 is 2.10 bits per heavy atom. The smallest absolute Gasteiger partial charge is 0.324 e. The van der Waals surface area contributed by atoms with Gasteiger partial charge in [-0.2, -0.15) is 10.1 Å². The molecular weight excluding hydrogens is 261 g/mol. The number of nitrogens with zero attached hydrogens (tertiary/aromatic N) is 4. The van der Waals surface area contributed by atoms with Gasteiger partial charge in [0.25, 0.3) is 0 Å². The molecule has 0 spiro atoms. The molecule has 0 radical (unpaired) electrons. The highest BCUT2D eigenvalue weighted by Gasteiger charge is 2.24. The molecule has 2 aromatic rings. The summed E-state index contributed by atoms with van der Waals surface area (Å²) in [5.41, 5.74) is 0.846. The first-order chi connectivity index (χ1) is 9.74. The standard InChI is InChI=1S/C13H14FN5O/c14-11-4-2-10(3-5-11)8-15-13(20)18-6-1-7-19-12(18)16-9-17-19/h2-5,9H,1,6-8H2,(H,15,20). The molecule has 3 rings (SSSR count). The van der Waals surface area contributed by atoms with Crippen LogP contribution in [-0.4, -0.2) is 27.3 Å². The lowest BCUT2D eigenvalue weighted by Crippen LogP contribution is -2.44. The van der Waals surface area contributed by atoms with Gasteiger partial charge in [-0.15, -0.1) is 0 Å². The second kappa shape index (κ2) is 5.28. The zero-order valence-corrected chi connectivity index (χ0v) is 10.8. The minimum Gasteiger partial charge on any atom is -0.334 e. The number of benzene rings is 1. The van der Waals surface area contributed by atoms with Crippen molar-refractivity contribution in [3.8, 4) is 0 Å². The molecule has 0 bridgehead atoms. The molecule has 1 N–H and O–H groups in total. The number of anilines is 1. The van der Waals surface area contributed by atoms with Gasteiger partial charge >= 0.3 is 6.03 Å². The summed E-state index contributed by atoms with van der Waals surface area (Å²) in [6.45, 7) is 1.74. The Morgan fingerprint density at radius 1 is 1.30 bits per heavy atom. The number of nitrogens with one attached hydrogen (secondary N) is 1. The molecule has 2 heterocycles. The Balaban J connectivity index is 1.64. The molecule has 0 saturated carbocycles. The summed E-state index contributed by atoms with van der Waals surface area (Å²) in [5, 5.41) is 6.86. The Kier molecular flexibility index (Phi) is 3.32. The number of carbonyl (C=O) groups is 1. The summed E-state index contributed by atoms with van der Waals surface area (Å²) in [4.78, 5) is 17.8. The van der Waals surface area contributed by atoms with Crippen molar-refractivity contribution in [2.24, 2.45) is 0 Å². The molecule has 0 fully saturated rings. The van der Waals surface area contributed by atoms with E-state index in [1.54, 1.807) is 21.7 Å². The SMILES string of the molecule is O=C(NCc1ccc(F)cc1)N1CCCn2ncnc21. The molecular formula is C13H14FN5O. The summed E-state index contributed by atoms with van der Waals surface area (Å²) in [5.74, 6) is 0.275. The van der Waals surface area contributed by atoms with Gasteiger partial charge in [0, 0.05) is 19.6 Å². The average molecular weight is 275 g/mol. The molecule has 6 nitrogen and oxygen atoms in total. The van der Waals surface area contributed by atoms with E-state index in [2.05, 4.69) is 15.4 Å². The highest BCUT2D eigenvalue weighted by molar-refractivity contribution is 5.90. The van der Waals surface area contributed by atoms with Crippen LogP contribution in [0.1, 0.15) is 12.0 Å². The third kappa shape index (κ3) is 2.47. The average Bonchev–Trinajstić information content (AvgIpc) is 2.94. The molecule has 0 aliphatic carbocycles. The van der Waals surface area contributed by atoms with E-state index in [0.717, 1.165) is 18.5 Å². The van der Waals surface area contributed by atoms with Crippen LogP contribution in [0.25, 0.3) is 0 Å². The maximum atomic E-state index is 12.8. The minimum absolute atomic E-state index is 0.219. The second-order valence-corrected chi connectivity index (χ2v) is 4.57. The van der Waals surface area contributed by atoms with Crippen molar-refractivity contribution in [3.63, 3.8) is 0 Å². The van der Waals surface area contributed by atoms with Crippen molar-refractivity contribution in [3.05, 3.63) is 42.0 Å². The van der Waals surface area contributed by atoms with Gasteiger partial charge in [-0.3, -0.25) is 4.90 Å². The minimum atomic E-state index is -0.288. The van der Waals surface area contributed by atoms with Crippen molar-refractivity contribution in [1.29, 1.82) is 0 Å². The number of aryl methyl sites for hydroxylation is 1. The van der Waals surface area contributed by atoms with Crippen molar-refractivity contribution in [1.82, 2.24) is 20.1 Å². The van der Waals surface area contributed by atoms with E-state index in [0.29, 0.717) is 19.0 Å². The fourth-order valence-electron chi connectivity index (χ4n) is 2.17. The van der Waals surface area contributed by atoms with Crippen LogP contribution in [0.2, 0.25) is 0 Å². The van der Waals surface area contributed by atoms with E-state index in [1.807, 2.05) is 0 Å². The number of hydrogen-bond acceptors (Lipinski definition) is 3. The Morgan fingerprint density at radius 3 is 2.90 bits per heavy atom. The molecule has 0 saturated heterocycles. The summed E-state index contributed by atoms with van der Waals surface area (Å²) in [7, 11) is 0. The van der Waals surface area contributed by atoms with Crippen LogP contribution in [0, 0.1) is 5.82 Å². The maximum absolute atomic E-state index is 12.8. The lowest BCUT2D eigenvalue weighted by Gasteiger charge is -2.26. The Bertz CT molecular complexity index is 609. The molecule has 2 amide bonds. The molecule has 1 aliphatic heterocycles. The number of carbonyl (C=O) groups excluding carboxylic acids is 1. The third-order valence-electron chi connectivity index (χ3n) is 3.19. The largest absolute Gasteiger partial charge is 0.334 e. The quantitative estimate of drug-likeness (QED) is 0.904. The lowest BCUT2D eigenvalue weighted by atomic mass is 10.2. The van der Waals surface area contributed by atoms with Gasteiger partial charge < -0.3 is 5.32 Å². The first-order valence-corrected chi connectivity index (χ1v) is 6.41. The van der Waals surface area contributed by atoms with Crippen LogP contribution < -0.4 is 10.2 Å². The van der Waals surface area contributed by atoms with Crippen molar-refractivity contribution in [2.45, 2.75) is 19.5 Å². The summed E-state index contributed by atoms with van der Waals surface area (Å²) < 4.78 is 14.5. The first-order valence-electron chi connectivity index (χ1n) is 6.41. The molecule has 104 valence electrons. The summed E-state index contributed by atoms with van der Waals surface area (Å²) >= 11 is 0. The van der Waals surface area contributed by atoms with Crippen LogP contribution in [-0.2, 0) is 13.1 Å². The molecule has 1 aliphatic rings. The van der Waals surface area contributed by atoms with Crippen LogP contribution >= 0.6 is 0 Å². The van der Waals surface area contributed by atoms with E-state index in [1.165, 1.54) is 18.5 Å². The highest BCUT2D eigenvalue weighted by Crippen LogP contribution is 2.16. The van der Waals surface area contributed by atoms with E-state index in [-0.39, 0.29) is 11.8 Å². The Hall–Kier alpha value is -2.44. The second-order valence-electron chi connectivity index (χ2n) is 4.57. The third-order valence-corrected chi connectivity index (χ3v) is 3.19. The first kappa shape index (κ1) is 12.6. The van der Waals surface area contributed by atoms with Gasteiger partial charge in [0.1, 0.15) is 12.1 Å². The molecule has 20 heavy (non-hydrogen) atoms. The molecule has 0 unspecified atom stereocenters. The van der Waals surface area contributed by atoms with Crippen LogP contribution in [0.15, 0.2) is 30.6 Å². The van der Waals surface area contributed by atoms with E-state index in [9.17, 15) is 9.18 Å². The molecule has 7 heteroatoms. The predicted molar refractivity (Wildman–Crippen MR) is 70.6 cm³/mol. The van der Waals surface area contributed by atoms with Gasteiger partial charge in [-0.25, -0.2) is 13.9 Å². The van der Waals surface area contributed by atoms with Crippen LogP contribution in [0.3, 0.4) is 0 Å². The lowest BCUT2D eigenvalue weighted by molar-refractivity contribution is 0.244. The molecule has 1 aromatic heterocycles. The van der Waals surface area contributed by atoms with Gasteiger partial charge in [0.2, 0.25) is 5.95 Å². The van der Waals surface area contributed by atoms with Gasteiger partial charge in [0.05, 0.1) is 0 Å². The maximum Gasteiger partial charge on any atom is 0.324 e. The number of aromatic nitrogens is 3. The monoisotopic (exact) mass is 275 g/mol. The normalized spacial score (nSPS) is 13.9. The number of halogens is 1. The molecule has 1 aromatic carbocycles. The molecule has 0 atom stereocenters. The topological polar surface area (TPSA) is 63.1 Å². The van der Waals surface area contributed by atoms with Crippen molar-refractivity contribution >= 4 is 12.0 Å². The zero-order valence-electron chi connectivity index (χ0n) is 10.8. The number of amides is 2. The highest BCUT2D eigenvalue weighted by atomic mass is 19.1. The number of hydrogen-bond donors (Lipinski definition) is 1. The van der Waals surface area contributed by atoms with Crippen LogP contribution in [0.5, 0.6) is 0 Å². The fourth-order valence-corrected chi connectivity index (χ4v) is 2.17. The van der Waals surface area contributed by atoms with Crippen molar-refractivity contribution in [2.75, 3.05) is 11.4 Å². The zero-order chi connectivity index (χ0) is 13.9. The number of fused-ring (bicyclic) bond motifs is 1. The summed E-state index contributed by atoms with van der Waals surface area (Å²) in [6.07, 6.45) is 2.29. The number of urea groups is 1. The fraction of sp³-hybridized carbons (Fsp3) is 0.308. The Labute approximate surface area is 115 Å². The van der Waals surface area contributed by atoms with Gasteiger partial charge in [0.15, 0.2) is 0 Å². The summed E-state index contributed by atoms with van der Waals surface area (Å²) in [6, 6.07) is 5.82. The number of rotatable bonds is 2. The van der Waals surface area contributed by atoms with Crippen LogP contribution in [0.4, 0.5) is 15.1 Å². The van der Waals surface area contributed by atoms with Gasteiger partial charge in [-0.1, -0.05) is 12.1 Å². The van der Waals surface area contributed by atoms with E-state index >= 15 is 0 Å².